The van der Waals surface area contributed by atoms with Gasteiger partial charge in [-0.1, -0.05) is 0 Å². The highest BCUT2D eigenvalue weighted by molar-refractivity contribution is 5.69. The van der Waals surface area contributed by atoms with Crippen molar-refractivity contribution in [3.8, 4) is 0 Å². The highest BCUT2D eigenvalue weighted by Crippen LogP contribution is 2.07. The minimum atomic E-state index is -0.463. The Hall–Kier alpha value is -1.10. The number of hydrogen-bond acceptors (Lipinski definition) is 5. The van der Waals surface area contributed by atoms with Gasteiger partial charge in [0.05, 0.1) is 19.6 Å². The molecule has 0 amide bonds. The molecule has 0 radical (unpaired) electrons. The smallest absolute Gasteiger partial charge is 0.308 e. The fraction of sp³-hybridized carbons (Fsp3) is 0.818. The molecular weight excluding hydrogens is 212 g/mol. The number of esters is 2. The second kappa shape index (κ2) is 7.22. The minimum Gasteiger partial charge on any atom is -0.463 e. The van der Waals surface area contributed by atoms with E-state index in [0.717, 1.165) is 0 Å². The SMILES string of the molecule is CC(=O)OCCOCCC(=O)OC(C)(C)C. The summed E-state index contributed by atoms with van der Waals surface area (Å²) in [4.78, 5) is 21.6. The van der Waals surface area contributed by atoms with Gasteiger partial charge in [-0.05, 0) is 20.8 Å². The molecule has 0 saturated heterocycles. The highest BCUT2D eigenvalue weighted by atomic mass is 16.6. The molecule has 16 heavy (non-hydrogen) atoms. The van der Waals surface area contributed by atoms with E-state index in [1.54, 1.807) is 0 Å². The number of ether oxygens (including phenoxy) is 3. The second-order valence-corrected chi connectivity index (χ2v) is 4.29. The summed E-state index contributed by atoms with van der Waals surface area (Å²) in [5.74, 6) is -0.629. The maximum Gasteiger partial charge on any atom is 0.308 e. The lowest BCUT2D eigenvalue weighted by Crippen LogP contribution is -2.24. The van der Waals surface area contributed by atoms with E-state index in [4.69, 9.17) is 9.47 Å². The lowest BCUT2D eigenvalue weighted by molar-refractivity contribution is -0.156. The van der Waals surface area contributed by atoms with Crippen molar-refractivity contribution in [2.45, 2.75) is 39.7 Å². The Labute approximate surface area is 96.1 Å². The van der Waals surface area contributed by atoms with Crippen molar-refractivity contribution in [3.05, 3.63) is 0 Å². The number of hydrogen-bond donors (Lipinski definition) is 0. The van der Waals surface area contributed by atoms with Gasteiger partial charge >= 0.3 is 11.9 Å². The van der Waals surface area contributed by atoms with E-state index >= 15 is 0 Å². The standard InChI is InChI=1S/C11H20O5/c1-9(12)15-8-7-14-6-5-10(13)16-11(2,3)4/h5-8H2,1-4H3. The quantitative estimate of drug-likeness (QED) is 0.510. The Balaban J connectivity index is 3.38. The molecule has 0 spiro atoms. The van der Waals surface area contributed by atoms with E-state index in [9.17, 15) is 9.59 Å². The van der Waals surface area contributed by atoms with Crippen LogP contribution in [0.25, 0.3) is 0 Å². The minimum absolute atomic E-state index is 0.206. The number of carbonyl (C=O) groups is 2. The zero-order chi connectivity index (χ0) is 12.6. The topological polar surface area (TPSA) is 61.8 Å². The summed E-state index contributed by atoms with van der Waals surface area (Å²) in [6, 6.07) is 0. The molecular formula is C11H20O5. The molecule has 0 aliphatic carbocycles. The zero-order valence-corrected chi connectivity index (χ0v) is 10.4. The largest absolute Gasteiger partial charge is 0.463 e. The normalized spacial score (nSPS) is 11.0. The van der Waals surface area contributed by atoms with Crippen LogP contribution in [-0.4, -0.2) is 37.4 Å². The Morgan fingerprint density at radius 2 is 1.69 bits per heavy atom. The molecule has 0 N–H and O–H groups in total. The molecule has 0 bridgehead atoms. The lowest BCUT2D eigenvalue weighted by atomic mass is 10.2. The van der Waals surface area contributed by atoms with E-state index in [-0.39, 0.29) is 31.6 Å². The van der Waals surface area contributed by atoms with Gasteiger partial charge in [0.15, 0.2) is 0 Å². The molecule has 0 aromatic carbocycles. The lowest BCUT2D eigenvalue weighted by Gasteiger charge is -2.19. The van der Waals surface area contributed by atoms with Crippen LogP contribution in [-0.2, 0) is 23.8 Å². The van der Waals surface area contributed by atoms with E-state index in [2.05, 4.69) is 4.74 Å². The maximum atomic E-state index is 11.2. The fourth-order valence-electron chi connectivity index (χ4n) is 0.894. The van der Waals surface area contributed by atoms with Crippen LogP contribution in [0.5, 0.6) is 0 Å². The van der Waals surface area contributed by atoms with Crippen molar-refractivity contribution in [1.29, 1.82) is 0 Å². The molecule has 0 unspecified atom stereocenters. The fourth-order valence-corrected chi connectivity index (χ4v) is 0.894. The molecule has 5 nitrogen and oxygen atoms in total. The van der Waals surface area contributed by atoms with Gasteiger partial charge in [-0.15, -0.1) is 0 Å². The third-order valence-electron chi connectivity index (χ3n) is 1.40. The Bertz CT molecular complexity index is 229. The molecule has 0 aliphatic heterocycles. The van der Waals surface area contributed by atoms with Gasteiger partial charge in [0.1, 0.15) is 12.2 Å². The van der Waals surface area contributed by atoms with Crippen molar-refractivity contribution >= 4 is 11.9 Å². The van der Waals surface area contributed by atoms with Crippen LogP contribution >= 0.6 is 0 Å². The van der Waals surface area contributed by atoms with Crippen molar-refractivity contribution in [3.63, 3.8) is 0 Å². The third kappa shape index (κ3) is 11.0. The Morgan fingerprint density at radius 3 is 2.19 bits per heavy atom. The van der Waals surface area contributed by atoms with Crippen molar-refractivity contribution in [2.24, 2.45) is 0 Å². The molecule has 0 aromatic heterocycles. The average molecular weight is 232 g/mol. The molecule has 0 atom stereocenters. The summed E-state index contributed by atoms with van der Waals surface area (Å²) < 4.78 is 14.8. The maximum absolute atomic E-state index is 11.2. The van der Waals surface area contributed by atoms with E-state index < -0.39 is 5.60 Å². The van der Waals surface area contributed by atoms with Gasteiger partial charge in [0, 0.05) is 6.92 Å². The first kappa shape index (κ1) is 14.9. The first-order valence-electron chi connectivity index (χ1n) is 5.24. The van der Waals surface area contributed by atoms with Crippen molar-refractivity contribution in [1.82, 2.24) is 0 Å². The number of rotatable bonds is 6. The molecule has 0 aromatic rings. The molecule has 5 heteroatoms. The van der Waals surface area contributed by atoms with Crippen LogP contribution in [0.1, 0.15) is 34.1 Å². The molecule has 0 rings (SSSR count). The van der Waals surface area contributed by atoms with E-state index in [1.807, 2.05) is 20.8 Å². The zero-order valence-electron chi connectivity index (χ0n) is 10.4. The van der Waals surface area contributed by atoms with Gasteiger partial charge in [0.25, 0.3) is 0 Å². The summed E-state index contributed by atoms with van der Waals surface area (Å²) in [6.45, 7) is 7.55. The molecule has 0 aliphatic rings. The molecule has 0 fully saturated rings. The molecule has 94 valence electrons. The van der Waals surface area contributed by atoms with Crippen molar-refractivity contribution < 1.29 is 23.8 Å². The Morgan fingerprint density at radius 1 is 1.06 bits per heavy atom. The summed E-state index contributed by atoms with van der Waals surface area (Å²) in [6.07, 6.45) is 0.206. The third-order valence-corrected chi connectivity index (χ3v) is 1.40. The molecule has 0 heterocycles. The Kier molecular flexibility index (Phi) is 6.72. The first-order valence-corrected chi connectivity index (χ1v) is 5.24. The predicted molar refractivity (Wildman–Crippen MR) is 57.9 cm³/mol. The summed E-state index contributed by atoms with van der Waals surface area (Å²) in [5, 5.41) is 0. The predicted octanol–water partition coefficient (Wildman–Crippen LogP) is 1.30. The van der Waals surface area contributed by atoms with Gasteiger partial charge in [-0.2, -0.15) is 0 Å². The van der Waals surface area contributed by atoms with Gasteiger partial charge < -0.3 is 14.2 Å². The van der Waals surface area contributed by atoms with Gasteiger partial charge in [0.2, 0.25) is 0 Å². The van der Waals surface area contributed by atoms with Crippen LogP contribution in [0.3, 0.4) is 0 Å². The second-order valence-electron chi connectivity index (χ2n) is 4.29. The first-order chi connectivity index (χ1) is 7.31. The average Bonchev–Trinajstić information content (AvgIpc) is 2.07. The van der Waals surface area contributed by atoms with Crippen LogP contribution in [0.15, 0.2) is 0 Å². The number of carbonyl (C=O) groups excluding carboxylic acids is 2. The van der Waals surface area contributed by atoms with E-state index in [1.165, 1.54) is 6.92 Å². The summed E-state index contributed by atoms with van der Waals surface area (Å²) in [5.41, 5.74) is -0.463. The van der Waals surface area contributed by atoms with Crippen LogP contribution in [0.2, 0.25) is 0 Å². The highest BCUT2D eigenvalue weighted by Gasteiger charge is 2.15. The van der Waals surface area contributed by atoms with Crippen LogP contribution in [0, 0.1) is 0 Å². The van der Waals surface area contributed by atoms with E-state index in [0.29, 0.717) is 6.61 Å². The van der Waals surface area contributed by atoms with Gasteiger partial charge in [-0.25, -0.2) is 0 Å². The summed E-state index contributed by atoms with van der Waals surface area (Å²) >= 11 is 0. The molecule has 0 saturated carbocycles. The monoisotopic (exact) mass is 232 g/mol. The van der Waals surface area contributed by atoms with Gasteiger partial charge in [-0.3, -0.25) is 9.59 Å². The summed E-state index contributed by atoms with van der Waals surface area (Å²) in [7, 11) is 0. The van der Waals surface area contributed by atoms with Crippen molar-refractivity contribution in [2.75, 3.05) is 19.8 Å². The van der Waals surface area contributed by atoms with Crippen LogP contribution < -0.4 is 0 Å². The van der Waals surface area contributed by atoms with Crippen LogP contribution in [0.4, 0.5) is 0 Å².